The van der Waals surface area contributed by atoms with E-state index in [1.807, 2.05) is 0 Å². The Morgan fingerprint density at radius 1 is 1.17 bits per heavy atom. The van der Waals surface area contributed by atoms with Gasteiger partial charge in [0.15, 0.2) is 0 Å². The molecule has 2 rings (SSSR count). The van der Waals surface area contributed by atoms with Crippen molar-refractivity contribution in [2.45, 2.75) is 45.1 Å². The van der Waals surface area contributed by atoms with Gasteiger partial charge in [-0.15, -0.1) is 0 Å². The summed E-state index contributed by atoms with van der Waals surface area (Å²) in [5, 5.41) is 10.6. The standard InChI is InChI=1S/C15H21FO2/c1-14(2)6-8-15(17,9-7-14)12-5-4-11(18-3)10-13(12)16/h4-5,10,17H,6-9H2,1-3H3. The van der Waals surface area contributed by atoms with Crippen molar-refractivity contribution in [2.75, 3.05) is 7.11 Å². The zero-order chi connectivity index (χ0) is 13.4. The second-order valence-corrected chi connectivity index (χ2v) is 6.04. The predicted octanol–water partition coefficient (Wildman–Crippen LogP) is 3.62. The van der Waals surface area contributed by atoms with E-state index in [0.29, 0.717) is 24.2 Å². The molecule has 0 atom stereocenters. The van der Waals surface area contributed by atoms with Crippen molar-refractivity contribution in [2.24, 2.45) is 5.41 Å². The molecule has 1 saturated carbocycles. The van der Waals surface area contributed by atoms with Gasteiger partial charge in [0.1, 0.15) is 11.6 Å². The lowest BCUT2D eigenvalue weighted by Crippen LogP contribution is -2.35. The van der Waals surface area contributed by atoms with E-state index in [1.165, 1.54) is 13.2 Å². The summed E-state index contributed by atoms with van der Waals surface area (Å²) in [4.78, 5) is 0. The van der Waals surface area contributed by atoms with Gasteiger partial charge in [-0.3, -0.25) is 0 Å². The Morgan fingerprint density at radius 3 is 2.28 bits per heavy atom. The van der Waals surface area contributed by atoms with E-state index < -0.39 is 5.60 Å². The normalized spacial score (nSPS) is 21.6. The highest BCUT2D eigenvalue weighted by atomic mass is 19.1. The maximum absolute atomic E-state index is 14.0. The Labute approximate surface area is 108 Å². The molecule has 100 valence electrons. The minimum Gasteiger partial charge on any atom is -0.497 e. The third-order valence-corrected chi connectivity index (χ3v) is 4.11. The van der Waals surface area contributed by atoms with Gasteiger partial charge >= 0.3 is 0 Å². The lowest BCUT2D eigenvalue weighted by Gasteiger charge is -2.40. The van der Waals surface area contributed by atoms with E-state index in [-0.39, 0.29) is 11.2 Å². The minimum atomic E-state index is -1.02. The monoisotopic (exact) mass is 252 g/mol. The first-order valence-electron chi connectivity index (χ1n) is 6.43. The number of aliphatic hydroxyl groups is 1. The zero-order valence-corrected chi connectivity index (χ0v) is 11.3. The molecule has 1 aliphatic rings. The van der Waals surface area contributed by atoms with Crippen LogP contribution in [0.2, 0.25) is 0 Å². The van der Waals surface area contributed by atoms with Crippen LogP contribution in [-0.2, 0) is 5.60 Å². The highest BCUT2D eigenvalue weighted by molar-refractivity contribution is 5.33. The second-order valence-electron chi connectivity index (χ2n) is 6.04. The van der Waals surface area contributed by atoms with E-state index in [0.717, 1.165) is 12.8 Å². The third-order valence-electron chi connectivity index (χ3n) is 4.11. The molecule has 0 bridgehead atoms. The maximum Gasteiger partial charge on any atom is 0.132 e. The van der Waals surface area contributed by atoms with Crippen molar-refractivity contribution in [3.8, 4) is 5.75 Å². The molecule has 1 aliphatic carbocycles. The molecule has 0 heterocycles. The summed E-state index contributed by atoms with van der Waals surface area (Å²) in [7, 11) is 1.51. The summed E-state index contributed by atoms with van der Waals surface area (Å²) in [5.74, 6) is 0.104. The van der Waals surface area contributed by atoms with Crippen LogP contribution in [-0.4, -0.2) is 12.2 Å². The van der Waals surface area contributed by atoms with Gasteiger partial charge in [-0.2, -0.15) is 0 Å². The fraction of sp³-hybridized carbons (Fsp3) is 0.600. The SMILES string of the molecule is COc1ccc(C2(O)CCC(C)(C)CC2)c(F)c1. The number of halogens is 1. The quantitative estimate of drug-likeness (QED) is 0.871. The molecule has 0 spiro atoms. The van der Waals surface area contributed by atoms with Crippen molar-refractivity contribution in [1.29, 1.82) is 0 Å². The molecule has 1 aromatic rings. The number of rotatable bonds is 2. The Bertz CT molecular complexity index is 430. The van der Waals surface area contributed by atoms with E-state index in [4.69, 9.17) is 4.74 Å². The van der Waals surface area contributed by atoms with Crippen LogP contribution in [0.5, 0.6) is 5.75 Å². The molecule has 0 saturated heterocycles. The topological polar surface area (TPSA) is 29.5 Å². The average molecular weight is 252 g/mol. The molecule has 18 heavy (non-hydrogen) atoms. The van der Waals surface area contributed by atoms with Gasteiger partial charge in [0, 0.05) is 11.6 Å². The summed E-state index contributed by atoms with van der Waals surface area (Å²) in [6.07, 6.45) is 3.05. The van der Waals surface area contributed by atoms with Crippen LogP contribution >= 0.6 is 0 Å². The zero-order valence-electron chi connectivity index (χ0n) is 11.3. The molecule has 0 radical (unpaired) electrons. The Hall–Kier alpha value is -1.09. The summed E-state index contributed by atoms with van der Waals surface area (Å²) < 4.78 is 19.0. The molecule has 0 amide bonds. The van der Waals surface area contributed by atoms with Crippen molar-refractivity contribution in [3.63, 3.8) is 0 Å². The van der Waals surface area contributed by atoms with Crippen LogP contribution in [0, 0.1) is 11.2 Å². The van der Waals surface area contributed by atoms with Gasteiger partial charge in [-0.05, 0) is 43.2 Å². The molecule has 1 aromatic carbocycles. The van der Waals surface area contributed by atoms with Gasteiger partial charge in [0.2, 0.25) is 0 Å². The van der Waals surface area contributed by atoms with E-state index in [9.17, 15) is 9.50 Å². The summed E-state index contributed by atoms with van der Waals surface area (Å²) in [6, 6.07) is 4.69. The lowest BCUT2D eigenvalue weighted by molar-refractivity contribution is -0.0331. The predicted molar refractivity (Wildman–Crippen MR) is 69.1 cm³/mol. The highest BCUT2D eigenvalue weighted by Crippen LogP contribution is 2.45. The van der Waals surface area contributed by atoms with Gasteiger partial charge in [-0.1, -0.05) is 13.8 Å². The van der Waals surface area contributed by atoms with Crippen LogP contribution < -0.4 is 4.74 Å². The van der Waals surface area contributed by atoms with Crippen molar-refractivity contribution >= 4 is 0 Å². The molecular formula is C15H21FO2. The number of hydrogen-bond acceptors (Lipinski definition) is 2. The minimum absolute atomic E-state index is 0.245. The fourth-order valence-electron chi connectivity index (χ4n) is 2.61. The van der Waals surface area contributed by atoms with Crippen LogP contribution in [0.1, 0.15) is 45.1 Å². The number of hydrogen-bond donors (Lipinski definition) is 1. The van der Waals surface area contributed by atoms with Gasteiger partial charge in [-0.25, -0.2) is 4.39 Å². The van der Waals surface area contributed by atoms with E-state index in [2.05, 4.69) is 13.8 Å². The van der Waals surface area contributed by atoms with Crippen molar-refractivity contribution in [3.05, 3.63) is 29.6 Å². The van der Waals surface area contributed by atoms with E-state index in [1.54, 1.807) is 12.1 Å². The molecule has 0 aromatic heterocycles. The highest BCUT2D eigenvalue weighted by Gasteiger charge is 2.39. The Kier molecular flexibility index (Phi) is 3.37. The summed E-state index contributed by atoms with van der Waals surface area (Å²) in [5.41, 5.74) is -0.375. The van der Waals surface area contributed by atoms with Gasteiger partial charge in [0.25, 0.3) is 0 Å². The number of methoxy groups -OCH3 is 1. The number of benzene rings is 1. The smallest absolute Gasteiger partial charge is 0.132 e. The van der Waals surface area contributed by atoms with Gasteiger partial charge in [0.05, 0.1) is 12.7 Å². The van der Waals surface area contributed by atoms with Gasteiger partial charge < -0.3 is 9.84 Å². The van der Waals surface area contributed by atoms with Crippen molar-refractivity contribution in [1.82, 2.24) is 0 Å². The molecule has 0 aliphatic heterocycles. The Morgan fingerprint density at radius 2 is 1.78 bits per heavy atom. The first kappa shape index (κ1) is 13.3. The molecular weight excluding hydrogens is 231 g/mol. The molecule has 1 N–H and O–H groups in total. The first-order chi connectivity index (χ1) is 8.36. The average Bonchev–Trinajstić information content (AvgIpc) is 2.33. The largest absolute Gasteiger partial charge is 0.497 e. The molecule has 3 heteroatoms. The first-order valence-corrected chi connectivity index (χ1v) is 6.43. The molecule has 2 nitrogen and oxygen atoms in total. The second kappa shape index (κ2) is 4.54. The molecule has 0 unspecified atom stereocenters. The summed E-state index contributed by atoms with van der Waals surface area (Å²) >= 11 is 0. The van der Waals surface area contributed by atoms with E-state index >= 15 is 0 Å². The Balaban J connectivity index is 2.26. The van der Waals surface area contributed by atoms with Crippen LogP contribution in [0.3, 0.4) is 0 Å². The third kappa shape index (κ3) is 2.51. The summed E-state index contributed by atoms with van der Waals surface area (Å²) in [6.45, 7) is 4.38. The van der Waals surface area contributed by atoms with Crippen LogP contribution in [0.15, 0.2) is 18.2 Å². The fourth-order valence-corrected chi connectivity index (χ4v) is 2.61. The molecule has 1 fully saturated rings. The van der Waals surface area contributed by atoms with Crippen molar-refractivity contribution < 1.29 is 14.2 Å². The van der Waals surface area contributed by atoms with Crippen LogP contribution in [0.25, 0.3) is 0 Å². The van der Waals surface area contributed by atoms with Crippen LogP contribution in [0.4, 0.5) is 4.39 Å². The maximum atomic E-state index is 14.0. The lowest BCUT2D eigenvalue weighted by atomic mass is 9.69. The number of ether oxygens (including phenoxy) is 1.